The molecule has 1 aromatic rings. The molecule has 0 unspecified atom stereocenters. The smallest absolute Gasteiger partial charge is 0.251 e. The van der Waals surface area contributed by atoms with Crippen molar-refractivity contribution in [2.75, 3.05) is 32.5 Å². The van der Waals surface area contributed by atoms with Crippen LogP contribution in [0.1, 0.15) is 43.0 Å². The molecule has 0 atom stereocenters. The first-order valence-corrected chi connectivity index (χ1v) is 7.73. The molecule has 0 spiro atoms. The predicted octanol–water partition coefficient (Wildman–Crippen LogP) is 2.12. The average Bonchev–Trinajstić information content (AvgIpc) is 2.96. The molecule has 1 aliphatic rings. The van der Waals surface area contributed by atoms with Crippen LogP contribution in [0.15, 0.2) is 18.3 Å². The van der Waals surface area contributed by atoms with Crippen LogP contribution in [0.25, 0.3) is 0 Å². The Morgan fingerprint density at radius 2 is 2.10 bits per heavy atom. The molecular weight excluding hydrogens is 264 g/mol. The maximum atomic E-state index is 12.3. The van der Waals surface area contributed by atoms with Crippen LogP contribution < -0.4 is 10.6 Å². The van der Waals surface area contributed by atoms with E-state index in [0.717, 1.165) is 25.2 Å². The lowest BCUT2D eigenvalue weighted by Crippen LogP contribution is -2.50. The maximum Gasteiger partial charge on any atom is 0.251 e. The third-order valence-corrected chi connectivity index (χ3v) is 4.44. The van der Waals surface area contributed by atoms with Gasteiger partial charge in [-0.1, -0.05) is 12.8 Å². The van der Waals surface area contributed by atoms with Gasteiger partial charge in [0.1, 0.15) is 5.82 Å². The van der Waals surface area contributed by atoms with Crippen LogP contribution in [-0.4, -0.2) is 48.5 Å². The Hall–Kier alpha value is -1.62. The molecule has 1 amide bonds. The van der Waals surface area contributed by atoms with Crippen molar-refractivity contribution in [2.24, 2.45) is 0 Å². The summed E-state index contributed by atoms with van der Waals surface area (Å²) < 4.78 is 0. The molecule has 116 valence electrons. The van der Waals surface area contributed by atoms with Crippen LogP contribution in [0.4, 0.5) is 5.82 Å². The van der Waals surface area contributed by atoms with Crippen molar-refractivity contribution in [3.8, 4) is 0 Å². The molecule has 1 saturated carbocycles. The first-order chi connectivity index (χ1) is 10.1. The van der Waals surface area contributed by atoms with Gasteiger partial charge in [0.2, 0.25) is 0 Å². The Bertz CT molecular complexity index is 481. The van der Waals surface area contributed by atoms with Crippen LogP contribution in [0.2, 0.25) is 0 Å². The quantitative estimate of drug-likeness (QED) is 0.842. The Morgan fingerprint density at radius 3 is 2.71 bits per heavy atom. The molecule has 1 fully saturated rings. The first-order valence-electron chi connectivity index (χ1n) is 7.73. The number of carbonyl (C=O) groups is 1. The summed E-state index contributed by atoms with van der Waals surface area (Å²) in [6.45, 7) is 3.51. The van der Waals surface area contributed by atoms with Crippen molar-refractivity contribution >= 4 is 11.7 Å². The Balaban J connectivity index is 1.99. The van der Waals surface area contributed by atoms with Gasteiger partial charge < -0.3 is 15.5 Å². The molecule has 1 aromatic heterocycles. The number of nitrogens with one attached hydrogen (secondary N) is 2. The summed E-state index contributed by atoms with van der Waals surface area (Å²) in [5.41, 5.74) is 0.778. The zero-order chi connectivity index (χ0) is 15.3. The Labute approximate surface area is 127 Å². The zero-order valence-corrected chi connectivity index (χ0v) is 13.3. The molecule has 0 aromatic carbocycles. The minimum absolute atomic E-state index is 0.0234. The Morgan fingerprint density at radius 1 is 1.38 bits per heavy atom. The summed E-state index contributed by atoms with van der Waals surface area (Å²) >= 11 is 0. The number of nitrogens with zero attached hydrogens (tertiary/aromatic N) is 2. The molecule has 5 heteroatoms. The molecule has 0 aliphatic heterocycles. The van der Waals surface area contributed by atoms with Crippen molar-refractivity contribution in [3.63, 3.8) is 0 Å². The van der Waals surface area contributed by atoms with Gasteiger partial charge in [0.25, 0.3) is 5.91 Å². The van der Waals surface area contributed by atoms with Gasteiger partial charge in [-0.2, -0.15) is 0 Å². The van der Waals surface area contributed by atoms with E-state index in [9.17, 15) is 4.79 Å². The van der Waals surface area contributed by atoms with Gasteiger partial charge in [-0.05, 0) is 46.0 Å². The molecule has 0 bridgehead atoms. The maximum absolute atomic E-state index is 12.3. The van der Waals surface area contributed by atoms with E-state index in [1.165, 1.54) is 12.8 Å². The van der Waals surface area contributed by atoms with Gasteiger partial charge in [0.15, 0.2) is 0 Å². The number of rotatable bonds is 6. The van der Waals surface area contributed by atoms with Crippen LogP contribution >= 0.6 is 0 Å². The monoisotopic (exact) mass is 290 g/mol. The first kappa shape index (κ1) is 15.8. The minimum Gasteiger partial charge on any atom is -0.370 e. The number of hydrogen-bond donors (Lipinski definition) is 2. The average molecular weight is 290 g/mol. The standard InChI is InChI=1S/C16H26N4O/c1-4-17-14-11-13(7-10-18-14)15(21)19-12-16(20(2)3)8-5-6-9-16/h7,10-11H,4-6,8-9,12H2,1-3H3,(H,17,18)(H,19,21). The summed E-state index contributed by atoms with van der Waals surface area (Å²) in [6, 6.07) is 3.56. The minimum atomic E-state index is -0.0234. The third kappa shape index (κ3) is 3.73. The van der Waals surface area contributed by atoms with Crippen LogP contribution in [0.5, 0.6) is 0 Å². The number of carbonyl (C=O) groups excluding carboxylic acids is 1. The van der Waals surface area contributed by atoms with Crippen molar-refractivity contribution in [2.45, 2.75) is 38.1 Å². The summed E-state index contributed by atoms with van der Waals surface area (Å²) in [5.74, 6) is 0.720. The zero-order valence-electron chi connectivity index (χ0n) is 13.3. The van der Waals surface area contributed by atoms with Crippen LogP contribution in [-0.2, 0) is 0 Å². The predicted molar refractivity (Wildman–Crippen MR) is 85.6 cm³/mol. The fourth-order valence-electron chi connectivity index (χ4n) is 3.01. The fraction of sp³-hybridized carbons (Fsp3) is 0.625. The van der Waals surface area contributed by atoms with Crippen molar-refractivity contribution < 1.29 is 4.79 Å². The van der Waals surface area contributed by atoms with E-state index >= 15 is 0 Å². The second-order valence-corrected chi connectivity index (χ2v) is 5.97. The molecular formula is C16H26N4O. The normalized spacial score (nSPS) is 17.0. The van der Waals surface area contributed by atoms with E-state index in [1.807, 2.05) is 6.92 Å². The number of amides is 1. The molecule has 0 radical (unpaired) electrons. The highest BCUT2D eigenvalue weighted by atomic mass is 16.1. The highest BCUT2D eigenvalue weighted by Gasteiger charge is 2.36. The molecule has 0 saturated heterocycles. The molecule has 1 aliphatic carbocycles. The number of likely N-dealkylation sites (N-methyl/N-ethyl adjacent to an activating group) is 1. The van der Waals surface area contributed by atoms with Gasteiger partial charge in [-0.25, -0.2) is 4.98 Å². The SMILES string of the molecule is CCNc1cc(C(=O)NCC2(N(C)C)CCCC2)ccn1. The molecule has 1 heterocycles. The lowest BCUT2D eigenvalue weighted by molar-refractivity contribution is 0.0900. The second-order valence-electron chi connectivity index (χ2n) is 5.97. The van der Waals surface area contributed by atoms with Gasteiger partial charge in [0.05, 0.1) is 0 Å². The summed E-state index contributed by atoms with van der Waals surface area (Å²) in [7, 11) is 4.21. The van der Waals surface area contributed by atoms with Crippen LogP contribution in [0, 0.1) is 0 Å². The van der Waals surface area contributed by atoms with Crippen molar-refractivity contribution in [1.29, 1.82) is 0 Å². The largest absolute Gasteiger partial charge is 0.370 e. The summed E-state index contributed by atoms with van der Waals surface area (Å²) in [5, 5.41) is 6.22. The van der Waals surface area contributed by atoms with Gasteiger partial charge >= 0.3 is 0 Å². The molecule has 21 heavy (non-hydrogen) atoms. The highest BCUT2D eigenvalue weighted by molar-refractivity contribution is 5.94. The molecule has 2 N–H and O–H groups in total. The lowest BCUT2D eigenvalue weighted by atomic mass is 9.96. The number of aromatic nitrogens is 1. The van der Waals surface area contributed by atoms with Crippen molar-refractivity contribution in [3.05, 3.63) is 23.9 Å². The van der Waals surface area contributed by atoms with E-state index in [0.29, 0.717) is 12.1 Å². The summed E-state index contributed by atoms with van der Waals surface area (Å²) in [6.07, 6.45) is 6.46. The molecule has 2 rings (SSSR count). The van der Waals surface area contributed by atoms with Gasteiger partial charge in [-0.15, -0.1) is 0 Å². The summed E-state index contributed by atoms with van der Waals surface area (Å²) in [4.78, 5) is 18.8. The fourth-order valence-corrected chi connectivity index (χ4v) is 3.01. The van der Waals surface area contributed by atoms with Crippen LogP contribution in [0.3, 0.4) is 0 Å². The molecule has 5 nitrogen and oxygen atoms in total. The number of hydrogen-bond acceptors (Lipinski definition) is 4. The van der Waals surface area contributed by atoms with Crippen molar-refractivity contribution in [1.82, 2.24) is 15.2 Å². The topological polar surface area (TPSA) is 57.3 Å². The number of pyridine rings is 1. The second kappa shape index (κ2) is 6.89. The third-order valence-electron chi connectivity index (χ3n) is 4.44. The van der Waals surface area contributed by atoms with E-state index in [-0.39, 0.29) is 11.4 Å². The van der Waals surface area contributed by atoms with Gasteiger partial charge in [0, 0.05) is 30.4 Å². The van der Waals surface area contributed by atoms with Gasteiger partial charge in [-0.3, -0.25) is 4.79 Å². The van der Waals surface area contributed by atoms with E-state index < -0.39 is 0 Å². The van der Waals surface area contributed by atoms with E-state index in [1.54, 1.807) is 18.3 Å². The lowest BCUT2D eigenvalue weighted by Gasteiger charge is -2.36. The van der Waals surface area contributed by atoms with E-state index in [2.05, 4.69) is 34.6 Å². The number of anilines is 1. The van der Waals surface area contributed by atoms with E-state index in [4.69, 9.17) is 0 Å². The highest BCUT2D eigenvalue weighted by Crippen LogP contribution is 2.33. The Kier molecular flexibility index (Phi) is 5.17.